The SMILES string of the molecule is Cc1cc(C(=O)Nc2ccccc2N2CCN(CCc3ccncc3)CC2)ccc1[N+](=O)[O-]. The van der Waals surface area contributed by atoms with Crippen LogP contribution in [0.2, 0.25) is 0 Å². The molecule has 2 heterocycles. The van der Waals surface area contributed by atoms with Crippen LogP contribution in [0.1, 0.15) is 21.5 Å². The largest absolute Gasteiger partial charge is 0.367 e. The van der Waals surface area contributed by atoms with Gasteiger partial charge in [-0.25, -0.2) is 0 Å². The molecular formula is C25H27N5O3. The highest BCUT2D eigenvalue weighted by molar-refractivity contribution is 6.06. The van der Waals surface area contributed by atoms with Gasteiger partial charge in [-0.1, -0.05) is 12.1 Å². The fraction of sp³-hybridized carbons (Fsp3) is 0.280. The van der Waals surface area contributed by atoms with Gasteiger partial charge in [0.25, 0.3) is 11.6 Å². The molecular weight excluding hydrogens is 418 g/mol. The van der Waals surface area contributed by atoms with Crippen molar-refractivity contribution in [3.8, 4) is 0 Å². The van der Waals surface area contributed by atoms with E-state index in [-0.39, 0.29) is 11.6 Å². The first-order chi connectivity index (χ1) is 16.0. The monoisotopic (exact) mass is 445 g/mol. The Hall–Kier alpha value is -3.78. The molecule has 0 aliphatic carbocycles. The Morgan fingerprint density at radius 3 is 2.48 bits per heavy atom. The van der Waals surface area contributed by atoms with Crippen molar-refractivity contribution in [1.29, 1.82) is 0 Å². The lowest BCUT2D eigenvalue weighted by Gasteiger charge is -2.37. The van der Waals surface area contributed by atoms with Crippen LogP contribution >= 0.6 is 0 Å². The summed E-state index contributed by atoms with van der Waals surface area (Å²) in [6.07, 6.45) is 4.66. The third kappa shape index (κ3) is 5.53. The number of anilines is 2. The zero-order chi connectivity index (χ0) is 23.2. The third-order valence-electron chi connectivity index (χ3n) is 5.99. The minimum Gasteiger partial charge on any atom is -0.367 e. The molecule has 1 amide bonds. The Morgan fingerprint density at radius 2 is 1.79 bits per heavy atom. The second-order valence-corrected chi connectivity index (χ2v) is 8.16. The molecule has 0 saturated carbocycles. The van der Waals surface area contributed by atoms with Gasteiger partial charge in [-0.05, 0) is 55.3 Å². The van der Waals surface area contributed by atoms with E-state index in [1.807, 2.05) is 36.7 Å². The number of nitro benzene ring substituents is 1. The maximum Gasteiger partial charge on any atom is 0.272 e. The average Bonchev–Trinajstić information content (AvgIpc) is 2.84. The van der Waals surface area contributed by atoms with Gasteiger partial charge >= 0.3 is 0 Å². The van der Waals surface area contributed by atoms with E-state index >= 15 is 0 Å². The van der Waals surface area contributed by atoms with Crippen LogP contribution in [0.25, 0.3) is 0 Å². The summed E-state index contributed by atoms with van der Waals surface area (Å²) < 4.78 is 0. The lowest BCUT2D eigenvalue weighted by molar-refractivity contribution is -0.385. The molecule has 4 rings (SSSR count). The topological polar surface area (TPSA) is 91.6 Å². The van der Waals surface area contributed by atoms with Crippen LogP contribution in [0, 0.1) is 17.0 Å². The van der Waals surface area contributed by atoms with Crippen molar-refractivity contribution in [1.82, 2.24) is 9.88 Å². The molecule has 0 radical (unpaired) electrons. The van der Waals surface area contributed by atoms with Crippen molar-refractivity contribution in [2.75, 3.05) is 42.9 Å². The number of amides is 1. The average molecular weight is 446 g/mol. The van der Waals surface area contributed by atoms with E-state index in [9.17, 15) is 14.9 Å². The Balaban J connectivity index is 1.38. The van der Waals surface area contributed by atoms with Gasteiger partial charge in [-0.15, -0.1) is 0 Å². The number of pyridine rings is 1. The molecule has 8 heteroatoms. The normalized spacial score (nSPS) is 14.2. The van der Waals surface area contributed by atoms with E-state index in [0.29, 0.717) is 11.1 Å². The van der Waals surface area contributed by atoms with Crippen molar-refractivity contribution in [2.24, 2.45) is 0 Å². The number of nitrogens with zero attached hydrogens (tertiary/aromatic N) is 4. The van der Waals surface area contributed by atoms with Crippen LogP contribution in [0.15, 0.2) is 67.0 Å². The van der Waals surface area contributed by atoms with E-state index in [4.69, 9.17) is 0 Å². The maximum absolute atomic E-state index is 12.8. The predicted octanol–water partition coefficient (Wildman–Crippen LogP) is 3.92. The zero-order valence-corrected chi connectivity index (χ0v) is 18.6. The smallest absolute Gasteiger partial charge is 0.272 e. The first-order valence-electron chi connectivity index (χ1n) is 11.0. The number of nitrogens with one attached hydrogen (secondary N) is 1. The Labute approximate surface area is 193 Å². The molecule has 170 valence electrons. The Bertz CT molecular complexity index is 1130. The van der Waals surface area contributed by atoms with Crippen LogP contribution in [-0.2, 0) is 6.42 Å². The van der Waals surface area contributed by atoms with Crippen molar-refractivity contribution in [2.45, 2.75) is 13.3 Å². The van der Waals surface area contributed by atoms with E-state index in [1.165, 1.54) is 17.7 Å². The molecule has 2 aromatic carbocycles. The summed E-state index contributed by atoms with van der Waals surface area (Å²) in [5.41, 5.74) is 3.88. The molecule has 8 nitrogen and oxygen atoms in total. The van der Waals surface area contributed by atoms with Gasteiger partial charge in [0.05, 0.1) is 16.3 Å². The Kier molecular flexibility index (Phi) is 6.95. The van der Waals surface area contributed by atoms with Crippen LogP contribution < -0.4 is 10.2 Å². The number of hydrogen-bond donors (Lipinski definition) is 1. The number of carbonyl (C=O) groups excluding carboxylic acids is 1. The first-order valence-corrected chi connectivity index (χ1v) is 11.0. The number of aryl methyl sites for hydroxylation is 1. The third-order valence-corrected chi connectivity index (χ3v) is 5.99. The summed E-state index contributed by atoms with van der Waals surface area (Å²) in [7, 11) is 0. The number of piperazine rings is 1. The highest BCUT2D eigenvalue weighted by Gasteiger charge is 2.20. The fourth-order valence-corrected chi connectivity index (χ4v) is 4.10. The molecule has 0 unspecified atom stereocenters. The van der Waals surface area contributed by atoms with Crippen molar-refractivity contribution >= 4 is 23.0 Å². The second-order valence-electron chi connectivity index (χ2n) is 8.16. The minimum atomic E-state index is -0.441. The van der Waals surface area contributed by atoms with E-state index in [0.717, 1.165) is 50.5 Å². The van der Waals surface area contributed by atoms with Gasteiger partial charge in [0, 0.05) is 62.3 Å². The molecule has 1 aromatic heterocycles. The van der Waals surface area contributed by atoms with Crippen LogP contribution in [0.3, 0.4) is 0 Å². The van der Waals surface area contributed by atoms with Gasteiger partial charge < -0.3 is 10.2 Å². The highest BCUT2D eigenvalue weighted by Crippen LogP contribution is 2.28. The maximum atomic E-state index is 12.8. The second kappa shape index (κ2) is 10.2. The molecule has 0 atom stereocenters. The highest BCUT2D eigenvalue weighted by atomic mass is 16.6. The number of nitro groups is 1. The van der Waals surface area contributed by atoms with Crippen LogP contribution in [-0.4, -0.2) is 53.4 Å². The van der Waals surface area contributed by atoms with Crippen molar-refractivity contribution < 1.29 is 9.72 Å². The lowest BCUT2D eigenvalue weighted by Crippen LogP contribution is -2.47. The lowest BCUT2D eigenvalue weighted by atomic mass is 10.1. The molecule has 1 N–H and O–H groups in total. The van der Waals surface area contributed by atoms with Crippen molar-refractivity contribution in [3.63, 3.8) is 0 Å². The van der Waals surface area contributed by atoms with Crippen LogP contribution in [0.5, 0.6) is 0 Å². The molecule has 0 bridgehead atoms. The molecule has 3 aromatic rings. The minimum absolute atomic E-state index is 0.00810. The van der Waals surface area contributed by atoms with E-state index in [1.54, 1.807) is 13.0 Å². The van der Waals surface area contributed by atoms with Gasteiger partial charge in [-0.3, -0.25) is 24.8 Å². The number of aromatic nitrogens is 1. The van der Waals surface area contributed by atoms with Gasteiger partial charge in [0.2, 0.25) is 0 Å². The summed E-state index contributed by atoms with van der Waals surface area (Å²) >= 11 is 0. The summed E-state index contributed by atoms with van der Waals surface area (Å²) in [5.74, 6) is -0.281. The van der Waals surface area contributed by atoms with Crippen molar-refractivity contribution in [3.05, 3.63) is 93.8 Å². The van der Waals surface area contributed by atoms with Crippen LogP contribution in [0.4, 0.5) is 17.1 Å². The molecule has 33 heavy (non-hydrogen) atoms. The zero-order valence-electron chi connectivity index (χ0n) is 18.6. The standard InChI is InChI=1S/C25H27N5O3/c1-19-18-21(6-7-23(19)30(32)33)25(31)27-22-4-2-3-5-24(22)29-16-14-28(15-17-29)13-10-20-8-11-26-12-9-20/h2-9,11-12,18H,10,13-17H2,1H3,(H,27,31). The number of benzene rings is 2. The summed E-state index contributed by atoms with van der Waals surface area (Å²) in [4.78, 5) is 32.3. The first kappa shape index (κ1) is 22.4. The van der Waals surface area contributed by atoms with E-state index < -0.39 is 4.92 Å². The molecule has 1 aliphatic heterocycles. The summed E-state index contributed by atoms with van der Waals surface area (Å²) in [6, 6.07) is 16.3. The van der Waals surface area contributed by atoms with Gasteiger partial charge in [-0.2, -0.15) is 0 Å². The summed E-state index contributed by atoms with van der Waals surface area (Å²) in [6.45, 7) is 6.30. The Morgan fingerprint density at radius 1 is 1.06 bits per heavy atom. The number of rotatable bonds is 7. The fourth-order valence-electron chi connectivity index (χ4n) is 4.10. The van der Waals surface area contributed by atoms with Gasteiger partial charge in [0.15, 0.2) is 0 Å². The molecule has 1 saturated heterocycles. The molecule has 0 spiro atoms. The predicted molar refractivity (Wildman–Crippen MR) is 129 cm³/mol. The van der Waals surface area contributed by atoms with E-state index in [2.05, 4.69) is 32.2 Å². The molecule has 1 aliphatic rings. The quantitative estimate of drug-likeness (QED) is 0.438. The van der Waals surface area contributed by atoms with Gasteiger partial charge in [0.1, 0.15) is 0 Å². The molecule has 1 fully saturated rings. The number of para-hydroxylation sites is 2. The summed E-state index contributed by atoms with van der Waals surface area (Å²) in [5, 5.41) is 14.0. The number of hydrogen-bond acceptors (Lipinski definition) is 6. The number of carbonyl (C=O) groups is 1.